The first-order chi connectivity index (χ1) is 16.6. The normalized spacial score (nSPS) is 28.5. The average molecular weight is 575 g/mol. The summed E-state index contributed by atoms with van der Waals surface area (Å²) in [5, 5.41) is 16.6. The van der Waals surface area contributed by atoms with Gasteiger partial charge in [0.05, 0.1) is 6.20 Å². The largest absolute Gasteiger partial charge is 0.465 e. The summed E-state index contributed by atoms with van der Waals surface area (Å²) in [6, 6.07) is 5.89. The monoisotopic (exact) mass is 575 g/mol. The molecule has 5 heterocycles. The van der Waals surface area contributed by atoms with Crippen molar-refractivity contribution in [1.82, 2.24) is 30.0 Å². The molecule has 0 radical (unpaired) electrons. The number of halogens is 1. The van der Waals surface area contributed by atoms with Crippen molar-refractivity contribution in [2.45, 2.75) is 37.3 Å². The number of hydrogen-bond donors (Lipinski definition) is 2. The molecular formula is C23H26IN7O3. The fourth-order valence-electron chi connectivity index (χ4n) is 5.91. The number of nitrogens with zero attached hydrogens (tertiary/aromatic N) is 6. The standard InChI is InChI=1S/C23H26IN7O3/c24-20-19-21(31(29-20)18-6-2-4-10-34-18)28-17(11-26-19)30-9-7-14-15(12-30)23(14,13-27-22(32)33)16-5-1-3-8-25-16/h1,3,5,8,11,14-15,18,27H,2,4,6-7,9-10,12-13H2,(H,32,33). The van der Waals surface area contributed by atoms with Crippen LogP contribution < -0.4 is 10.2 Å². The van der Waals surface area contributed by atoms with Crippen LogP contribution >= 0.6 is 22.6 Å². The molecule has 3 aliphatic rings. The Morgan fingerprint density at radius 2 is 2.18 bits per heavy atom. The number of hydrogen-bond acceptors (Lipinski definition) is 7. The average Bonchev–Trinajstić information content (AvgIpc) is 3.41. The zero-order chi connectivity index (χ0) is 23.3. The van der Waals surface area contributed by atoms with Crippen molar-refractivity contribution in [3.05, 3.63) is 40.0 Å². The molecule has 3 aromatic rings. The summed E-state index contributed by atoms with van der Waals surface area (Å²) in [7, 11) is 0. The van der Waals surface area contributed by atoms with Crippen molar-refractivity contribution in [3.63, 3.8) is 0 Å². The van der Waals surface area contributed by atoms with E-state index < -0.39 is 6.09 Å². The van der Waals surface area contributed by atoms with Crippen LogP contribution in [0.25, 0.3) is 11.2 Å². The highest BCUT2D eigenvalue weighted by Gasteiger charge is 2.67. The third-order valence-electron chi connectivity index (χ3n) is 7.60. The molecule has 11 heteroatoms. The van der Waals surface area contributed by atoms with E-state index in [-0.39, 0.29) is 11.6 Å². The Labute approximate surface area is 210 Å². The zero-order valence-electron chi connectivity index (χ0n) is 18.6. The van der Waals surface area contributed by atoms with E-state index in [0.717, 1.165) is 71.8 Å². The highest BCUT2D eigenvalue weighted by molar-refractivity contribution is 14.1. The van der Waals surface area contributed by atoms with Crippen LogP contribution in [0.15, 0.2) is 30.6 Å². The molecule has 1 amide bonds. The molecule has 2 saturated heterocycles. The van der Waals surface area contributed by atoms with E-state index in [2.05, 4.69) is 42.9 Å². The van der Waals surface area contributed by atoms with Gasteiger partial charge in [-0.15, -0.1) is 0 Å². The predicted molar refractivity (Wildman–Crippen MR) is 133 cm³/mol. The van der Waals surface area contributed by atoms with Gasteiger partial charge < -0.3 is 20.1 Å². The molecular weight excluding hydrogens is 549 g/mol. The van der Waals surface area contributed by atoms with Gasteiger partial charge in [-0.05, 0) is 72.2 Å². The van der Waals surface area contributed by atoms with Gasteiger partial charge >= 0.3 is 6.09 Å². The number of carbonyl (C=O) groups is 1. The number of rotatable bonds is 5. The summed E-state index contributed by atoms with van der Waals surface area (Å²) in [5.41, 5.74) is 2.24. The third kappa shape index (κ3) is 3.60. The Bertz CT molecular complexity index is 1220. The topological polar surface area (TPSA) is 118 Å². The van der Waals surface area contributed by atoms with Crippen molar-refractivity contribution < 1.29 is 14.6 Å². The van der Waals surface area contributed by atoms with Crippen molar-refractivity contribution in [2.24, 2.45) is 11.8 Å². The van der Waals surface area contributed by atoms with Crippen molar-refractivity contribution >= 4 is 45.7 Å². The van der Waals surface area contributed by atoms with E-state index in [4.69, 9.17) is 14.7 Å². The highest BCUT2D eigenvalue weighted by Crippen LogP contribution is 2.62. The molecule has 0 bridgehead atoms. The van der Waals surface area contributed by atoms with Gasteiger partial charge in [-0.2, -0.15) is 5.10 Å². The van der Waals surface area contributed by atoms with Crippen LogP contribution in [0.2, 0.25) is 0 Å². The first-order valence-corrected chi connectivity index (χ1v) is 12.8. The highest BCUT2D eigenvalue weighted by atomic mass is 127. The molecule has 1 saturated carbocycles. The molecule has 2 N–H and O–H groups in total. The molecule has 0 aromatic carbocycles. The smallest absolute Gasteiger partial charge is 0.404 e. The van der Waals surface area contributed by atoms with E-state index in [0.29, 0.717) is 18.4 Å². The summed E-state index contributed by atoms with van der Waals surface area (Å²) in [6.07, 6.45) is 6.59. The Hall–Kier alpha value is -2.54. The van der Waals surface area contributed by atoms with Crippen LogP contribution in [-0.4, -0.2) is 62.2 Å². The molecule has 3 fully saturated rings. The molecule has 2 aliphatic heterocycles. The number of ether oxygens (including phenoxy) is 1. The number of anilines is 1. The van der Waals surface area contributed by atoms with Crippen LogP contribution in [0.3, 0.4) is 0 Å². The van der Waals surface area contributed by atoms with Crippen LogP contribution in [0.4, 0.5) is 10.6 Å². The maximum Gasteiger partial charge on any atom is 0.404 e. The lowest BCUT2D eigenvalue weighted by Crippen LogP contribution is -2.35. The number of piperidine rings is 1. The summed E-state index contributed by atoms with van der Waals surface area (Å²) >= 11 is 2.21. The maximum absolute atomic E-state index is 11.3. The summed E-state index contributed by atoms with van der Waals surface area (Å²) in [6.45, 7) is 2.74. The minimum Gasteiger partial charge on any atom is -0.465 e. The SMILES string of the molecule is O=C(O)NCC1(c2ccccn2)C2CCN(c3cnc4c(I)nn(C5CCCCO5)c4n3)CC21. The maximum atomic E-state index is 11.3. The first-order valence-electron chi connectivity index (χ1n) is 11.7. The van der Waals surface area contributed by atoms with E-state index >= 15 is 0 Å². The third-order valence-corrected chi connectivity index (χ3v) is 8.33. The molecule has 4 unspecified atom stereocenters. The second kappa shape index (κ2) is 8.59. The Morgan fingerprint density at radius 1 is 1.26 bits per heavy atom. The second-order valence-electron chi connectivity index (χ2n) is 9.32. The number of nitrogens with one attached hydrogen (secondary N) is 1. The van der Waals surface area contributed by atoms with Gasteiger partial charge in [0, 0.05) is 43.5 Å². The van der Waals surface area contributed by atoms with Gasteiger partial charge in [0.25, 0.3) is 0 Å². The Kier molecular flexibility index (Phi) is 5.55. The second-order valence-corrected chi connectivity index (χ2v) is 10.3. The number of fused-ring (bicyclic) bond motifs is 2. The number of amides is 1. The molecule has 0 spiro atoms. The van der Waals surface area contributed by atoms with Crippen molar-refractivity contribution in [1.29, 1.82) is 0 Å². The van der Waals surface area contributed by atoms with Crippen LogP contribution in [0.5, 0.6) is 0 Å². The minimum absolute atomic E-state index is 0.0996. The first kappa shape index (κ1) is 22.0. The van der Waals surface area contributed by atoms with E-state index in [1.165, 1.54) is 0 Å². The Morgan fingerprint density at radius 3 is 2.94 bits per heavy atom. The molecule has 4 atom stereocenters. The van der Waals surface area contributed by atoms with Gasteiger partial charge in [-0.25, -0.2) is 19.4 Å². The quantitative estimate of drug-likeness (QED) is 0.446. The van der Waals surface area contributed by atoms with Crippen LogP contribution in [0.1, 0.15) is 37.6 Å². The molecule has 3 aromatic heterocycles. The van der Waals surface area contributed by atoms with Crippen LogP contribution in [0, 0.1) is 15.5 Å². The van der Waals surface area contributed by atoms with Crippen molar-refractivity contribution in [2.75, 3.05) is 31.1 Å². The minimum atomic E-state index is -1.00. The van der Waals surface area contributed by atoms with E-state index in [9.17, 15) is 9.90 Å². The molecule has 178 valence electrons. The molecule has 34 heavy (non-hydrogen) atoms. The van der Waals surface area contributed by atoms with Gasteiger partial charge in [0.2, 0.25) is 0 Å². The summed E-state index contributed by atoms with van der Waals surface area (Å²) in [5.74, 6) is 1.52. The summed E-state index contributed by atoms with van der Waals surface area (Å²) < 4.78 is 8.69. The zero-order valence-corrected chi connectivity index (χ0v) is 20.8. The van der Waals surface area contributed by atoms with E-state index in [1.807, 2.05) is 29.1 Å². The lowest BCUT2D eigenvalue weighted by molar-refractivity contribution is -0.0372. The molecule has 6 rings (SSSR count). The lowest BCUT2D eigenvalue weighted by Gasteiger charge is -2.27. The fraction of sp³-hybridized carbons (Fsp3) is 0.522. The lowest BCUT2D eigenvalue weighted by atomic mass is 9.96. The van der Waals surface area contributed by atoms with E-state index in [1.54, 1.807) is 6.20 Å². The van der Waals surface area contributed by atoms with Gasteiger partial charge in [-0.1, -0.05) is 6.07 Å². The van der Waals surface area contributed by atoms with Crippen molar-refractivity contribution in [3.8, 4) is 0 Å². The number of aromatic nitrogens is 5. The number of pyridine rings is 1. The van der Waals surface area contributed by atoms with Gasteiger partial charge in [0.1, 0.15) is 11.3 Å². The molecule has 1 aliphatic carbocycles. The predicted octanol–water partition coefficient (Wildman–Crippen LogP) is 3.19. The summed E-state index contributed by atoms with van der Waals surface area (Å²) in [4.78, 5) is 27.9. The number of carboxylic acid groups (broad SMARTS) is 1. The molecule has 10 nitrogen and oxygen atoms in total. The van der Waals surface area contributed by atoms with Crippen LogP contribution in [-0.2, 0) is 10.2 Å². The fourth-order valence-corrected chi connectivity index (χ4v) is 6.53. The Balaban J connectivity index is 1.29. The van der Waals surface area contributed by atoms with Gasteiger partial charge in [-0.3, -0.25) is 4.98 Å². The van der Waals surface area contributed by atoms with Gasteiger partial charge in [0.15, 0.2) is 15.6 Å².